The van der Waals surface area contributed by atoms with Crippen molar-refractivity contribution in [2.45, 2.75) is 19.1 Å². The van der Waals surface area contributed by atoms with E-state index in [-0.39, 0.29) is 18.9 Å². The largest absolute Gasteiger partial charge is 0.462 e. The Labute approximate surface area is 141 Å². The summed E-state index contributed by atoms with van der Waals surface area (Å²) in [5.41, 5.74) is 1.08. The first kappa shape index (κ1) is 16.4. The molecule has 0 fully saturated rings. The Kier molecular flexibility index (Phi) is 5.02. The average Bonchev–Trinajstić information content (AvgIpc) is 3.24. The van der Waals surface area contributed by atoms with Crippen molar-refractivity contribution in [3.8, 4) is 10.8 Å². The van der Waals surface area contributed by atoms with Crippen LogP contribution in [0.2, 0.25) is 0 Å². The second kappa shape index (κ2) is 7.37. The number of thiazole rings is 1. The van der Waals surface area contributed by atoms with Crippen LogP contribution in [0.5, 0.6) is 0 Å². The van der Waals surface area contributed by atoms with Crippen LogP contribution in [0.4, 0.5) is 4.39 Å². The van der Waals surface area contributed by atoms with Crippen LogP contribution >= 0.6 is 11.3 Å². The van der Waals surface area contributed by atoms with Gasteiger partial charge in [0, 0.05) is 5.38 Å². The van der Waals surface area contributed by atoms with Crippen LogP contribution in [0.3, 0.4) is 0 Å². The number of furan rings is 1. The number of benzene rings is 1. The molecule has 0 radical (unpaired) electrons. The summed E-state index contributed by atoms with van der Waals surface area (Å²) in [5.74, 6) is -0.0988. The van der Waals surface area contributed by atoms with E-state index >= 15 is 0 Å². The molecule has 1 aromatic carbocycles. The lowest BCUT2D eigenvalue weighted by atomic mass is 10.1. The van der Waals surface area contributed by atoms with Gasteiger partial charge in [-0.3, -0.25) is 4.79 Å². The van der Waals surface area contributed by atoms with Crippen molar-refractivity contribution < 1.29 is 18.7 Å². The summed E-state index contributed by atoms with van der Waals surface area (Å²) in [4.78, 5) is 16.3. The Hall–Kier alpha value is -2.51. The molecular formula is C17H15FN2O3S. The van der Waals surface area contributed by atoms with Gasteiger partial charge in [-0.05, 0) is 29.8 Å². The van der Waals surface area contributed by atoms with Crippen molar-refractivity contribution in [1.82, 2.24) is 10.3 Å². The van der Waals surface area contributed by atoms with Crippen molar-refractivity contribution in [1.29, 1.82) is 0 Å². The van der Waals surface area contributed by atoms with Crippen LogP contribution in [0, 0.1) is 5.82 Å². The van der Waals surface area contributed by atoms with E-state index in [4.69, 9.17) is 4.42 Å². The second-order valence-electron chi connectivity index (χ2n) is 5.17. The molecule has 0 saturated carbocycles. The molecule has 1 unspecified atom stereocenters. The summed E-state index contributed by atoms with van der Waals surface area (Å²) in [6.07, 6.45) is 0.389. The lowest BCUT2D eigenvalue weighted by Gasteiger charge is -2.11. The third-order valence-corrected chi connectivity index (χ3v) is 4.27. The van der Waals surface area contributed by atoms with E-state index in [0.717, 1.165) is 5.01 Å². The lowest BCUT2D eigenvalue weighted by Crippen LogP contribution is -2.24. The van der Waals surface area contributed by atoms with Crippen molar-refractivity contribution >= 4 is 17.2 Å². The average molecular weight is 346 g/mol. The van der Waals surface area contributed by atoms with Crippen molar-refractivity contribution in [2.75, 3.05) is 0 Å². The van der Waals surface area contributed by atoms with E-state index in [0.29, 0.717) is 17.0 Å². The number of aliphatic hydroxyl groups excluding tert-OH is 1. The third-order valence-electron chi connectivity index (χ3n) is 3.36. The molecule has 5 nitrogen and oxygen atoms in total. The molecule has 0 bridgehead atoms. The molecule has 24 heavy (non-hydrogen) atoms. The molecule has 1 amide bonds. The van der Waals surface area contributed by atoms with Gasteiger partial charge < -0.3 is 14.8 Å². The Bertz CT molecular complexity index is 817. The van der Waals surface area contributed by atoms with Crippen LogP contribution in [0.1, 0.15) is 23.8 Å². The zero-order valence-electron chi connectivity index (χ0n) is 12.6. The normalized spacial score (nSPS) is 12.1. The standard InChI is InChI=1S/C17H15FN2O3S/c18-12-4-1-3-11(7-12)14(21)8-16(22)19-9-13-10-24-17(20-13)15-5-2-6-23-15/h1-7,10,14,21H,8-9H2,(H,19,22). The molecule has 0 saturated heterocycles. The number of carbonyl (C=O) groups is 1. The van der Waals surface area contributed by atoms with Crippen molar-refractivity contribution in [3.63, 3.8) is 0 Å². The predicted molar refractivity (Wildman–Crippen MR) is 87.6 cm³/mol. The van der Waals surface area contributed by atoms with Gasteiger partial charge in [-0.25, -0.2) is 9.37 Å². The van der Waals surface area contributed by atoms with Gasteiger partial charge in [-0.1, -0.05) is 12.1 Å². The number of carbonyl (C=O) groups excluding carboxylic acids is 1. The summed E-state index contributed by atoms with van der Waals surface area (Å²) < 4.78 is 18.4. The Morgan fingerprint density at radius 3 is 3.00 bits per heavy atom. The van der Waals surface area contributed by atoms with Crippen LogP contribution in [0.15, 0.2) is 52.5 Å². The number of nitrogens with zero attached hydrogens (tertiary/aromatic N) is 1. The summed E-state index contributed by atoms with van der Waals surface area (Å²) in [6, 6.07) is 9.18. The van der Waals surface area contributed by atoms with Crippen molar-refractivity contribution in [3.05, 3.63) is 65.1 Å². The molecule has 2 N–H and O–H groups in total. The highest BCUT2D eigenvalue weighted by Gasteiger charge is 2.14. The van der Waals surface area contributed by atoms with Crippen LogP contribution in [-0.4, -0.2) is 16.0 Å². The third kappa shape index (κ3) is 4.06. The highest BCUT2D eigenvalue weighted by molar-refractivity contribution is 7.13. The number of hydrogen-bond donors (Lipinski definition) is 2. The SMILES string of the molecule is O=C(CC(O)c1cccc(F)c1)NCc1csc(-c2ccco2)n1. The van der Waals surface area contributed by atoms with E-state index in [1.165, 1.54) is 29.5 Å². The minimum Gasteiger partial charge on any atom is -0.462 e. The van der Waals surface area contributed by atoms with E-state index in [2.05, 4.69) is 10.3 Å². The summed E-state index contributed by atoms with van der Waals surface area (Å²) in [7, 11) is 0. The molecule has 0 spiro atoms. The quantitative estimate of drug-likeness (QED) is 0.718. The summed E-state index contributed by atoms with van der Waals surface area (Å²) in [6.45, 7) is 0.256. The Balaban J connectivity index is 1.52. The van der Waals surface area contributed by atoms with Gasteiger partial charge in [-0.15, -0.1) is 11.3 Å². The maximum Gasteiger partial charge on any atom is 0.223 e. The molecule has 7 heteroatoms. The lowest BCUT2D eigenvalue weighted by molar-refractivity contribution is -0.123. The van der Waals surface area contributed by atoms with Crippen LogP contribution in [0.25, 0.3) is 10.8 Å². The zero-order valence-corrected chi connectivity index (χ0v) is 13.4. The fourth-order valence-corrected chi connectivity index (χ4v) is 2.96. The molecule has 1 atom stereocenters. The second-order valence-corrected chi connectivity index (χ2v) is 6.03. The molecule has 3 rings (SSSR count). The number of aliphatic hydroxyl groups is 1. The minimum atomic E-state index is -1.05. The number of hydrogen-bond acceptors (Lipinski definition) is 5. The van der Waals surface area contributed by atoms with Gasteiger partial charge in [0.1, 0.15) is 5.82 Å². The molecule has 0 aliphatic rings. The predicted octanol–water partition coefficient (Wildman–Crippen LogP) is 3.28. The monoisotopic (exact) mass is 346 g/mol. The molecule has 2 aromatic heterocycles. The fourth-order valence-electron chi connectivity index (χ4n) is 2.17. The molecule has 124 valence electrons. The maximum absolute atomic E-state index is 13.1. The minimum absolute atomic E-state index is 0.140. The number of rotatable bonds is 6. The van der Waals surface area contributed by atoms with Gasteiger partial charge in [0.25, 0.3) is 0 Å². The first-order valence-electron chi connectivity index (χ1n) is 7.30. The number of nitrogens with one attached hydrogen (secondary N) is 1. The van der Waals surface area contributed by atoms with E-state index in [1.807, 2.05) is 11.4 Å². The molecule has 2 heterocycles. The molecule has 3 aromatic rings. The van der Waals surface area contributed by atoms with Crippen LogP contribution in [-0.2, 0) is 11.3 Å². The number of amides is 1. The smallest absolute Gasteiger partial charge is 0.223 e. The molecule has 0 aliphatic heterocycles. The molecule has 0 aliphatic carbocycles. The number of aromatic nitrogens is 1. The van der Waals surface area contributed by atoms with Crippen LogP contribution < -0.4 is 5.32 Å². The summed E-state index contributed by atoms with van der Waals surface area (Å²) >= 11 is 1.42. The topological polar surface area (TPSA) is 75.4 Å². The van der Waals surface area contributed by atoms with Gasteiger partial charge in [0.15, 0.2) is 10.8 Å². The first-order valence-corrected chi connectivity index (χ1v) is 8.18. The van der Waals surface area contributed by atoms with E-state index < -0.39 is 11.9 Å². The highest BCUT2D eigenvalue weighted by atomic mass is 32.1. The fraction of sp³-hybridized carbons (Fsp3) is 0.176. The zero-order chi connectivity index (χ0) is 16.9. The Morgan fingerprint density at radius 1 is 1.38 bits per heavy atom. The summed E-state index contributed by atoms with van der Waals surface area (Å²) in [5, 5.41) is 15.3. The van der Waals surface area contributed by atoms with E-state index in [9.17, 15) is 14.3 Å². The van der Waals surface area contributed by atoms with Gasteiger partial charge in [0.05, 0.1) is 31.0 Å². The number of halogens is 1. The van der Waals surface area contributed by atoms with E-state index in [1.54, 1.807) is 18.4 Å². The maximum atomic E-state index is 13.1. The molecular weight excluding hydrogens is 331 g/mol. The van der Waals surface area contributed by atoms with Gasteiger partial charge in [0.2, 0.25) is 5.91 Å². The van der Waals surface area contributed by atoms with Gasteiger partial charge in [-0.2, -0.15) is 0 Å². The first-order chi connectivity index (χ1) is 11.6. The van der Waals surface area contributed by atoms with Crippen molar-refractivity contribution in [2.24, 2.45) is 0 Å². The highest BCUT2D eigenvalue weighted by Crippen LogP contribution is 2.24. The van der Waals surface area contributed by atoms with Gasteiger partial charge >= 0.3 is 0 Å². The Morgan fingerprint density at radius 2 is 2.25 bits per heavy atom.